The number of carboxylic acid groups (broad SMARTS) is 1. The van der Waals surface area contributed by atoms with Gasteiger partial charge in [-0.15, -0.1) is 0 Å². The van der Waals surface area contributed by atoms with E-state index in [4.69, 9.17) is 14.6 Å². The summed E-state index contributed by atoms with van der Waals surface area (Å²) >= 11 is 0. The molecule has 5 heteroatoms. The van der Waals surface area contributed by atoms with Gasteiger partial charge in [0.15, 0.2) is 11.5 Å². The molecule has 2 N–H and O–H groups in total. The predicted molar refractivity (Wildman–Crippen MR) is 66.1 cm³/mol. The highest BCUT2D eigenvalue weighted by atomic mass is 16.6. The lowest BCUT2D eigenvalue weighted by molar-refractivity contribution is -0.136. The van der Waals surface area contributed by atoms with Gasteiger partial charge in [0.05, 0.1) is 6.42 Å². The molecule has 98 valence electrons. The fourth-order valence-corrected chi connectivity index (χ4v) is 1.84. The molecular weight excluding hydrogens is 234 g/mol. The number of benzene rings is 1. The summed E-state index contributed by atoms with van der Waals surface area (Å²) in [4.78, 5) is 10.4. The molecule has 1 aromatic carbocycles. The van der Waals surface area contributed by atoms with Crippen LogP contribution in [0.3, 0.4) is 0 Å². The Bertz CT molecular complexity index is 433. The van der Waals surface area contributed by atoms with Crippen molar-refractivity contribution in [3.05, 3.63) is 23.8 Å². The molecule has 1 aromatic rings. The van der Waals surface area contributed by atoms with Gasteiger partial charge in [0, 0.05) is 12.6 Å². The van der Waals surface area contributed by atoms with Crippen molar-refractivity contribution in [1.29, 1.82) is 0 Å². The maximum Gasteiger partial charge on any atom is 0.304 e. The van der Waals surface area contributed by atoms with Crippen LogP contribution in [0.5, 0.6) is 11.5 Å². The van der Waals surface area contributed by atoms with E-state index in [1.807, 2.05) is 25.1 Å². The van der Waals surface area contributed by atoms with Crippen LogP contribution in [0.15, 0.2) is 18.2 Å². The molecule has 0 radical (unpaired) electrons. The molecule has 1 heterocycles. The molecule has 0 spiro atoms. The van der Waals surface area contributed by atoms with Crippen LogP contribution in [0.1, 0.15) is 24.9 Å². The molecule has 0 aliphatic carbocycles. The van der Waals surface area contributed by atoms with Crippen molar-refractivity contribution in [3.63, 3.8) is 0 Å². The molecule has 2 rings (SSSR count). The number of ether oxygens (including phenoxy) is 2. The first-order chi connectivity index (χ1) is 8.66. The van der Waals surface area contributed by atoms with E-state index in [-0.39, 0.29) is 12.5 Å². The molecule has 0 fully saturated rings. The summed E-state index contributed by atoms with van der Waals surface area (Å²) in [5.74, 6) is 0.727. The second-order valence-electron chi connectivity index (χ2n) is 4.22. The molecule has 1 unspecified atom stereocenters. The topological polar surface area (TPSA) is 67.8 Å². The maximum absolute atomic E-state index is 10.4. The van der Waals surface area contributed by atoms with Crippen molar-refractivity contribution in [1.82, 2.24) is 5.32 Å². The Morgan fingerprint density at radius 2 is 2.11 bits per heavy atom. The average Bonchev–Trinajstić information content (AvgIpc) is 2.37. The van der Waals surface area contributed by atoms with E-state index in [0.29, 0.717) is 19.8 Å². The predicted octanol–water partition coefficient (Wildman–Crippen LogP) is 1.58. The third-order valence-corrected chi connectivity index (χ3v) is 2.86. The number of hydrogen-bond acceptors (Lipinski definition) is 4. The first-order valence-corrected chi connectivity index (χ1v) is 6.01. The lowest BCUT2D eigenvalue weighted by atomic mass is 10.1. The van der Waals surface area contributed by atoms with Crippen molar-refractivity contribution >= 4 is 5.97 Å². The number of nitrogens with one attached hydrogen (secondary N) is 1. The van der Waals surface area contributed by atoms with Crippen LogP contribution in [0, 0.1) is 0 Å². The third kappa shape index (κ3) is 3.13. The fraction of sp³-hybridized carbons (Fsp3) is 0.462. The van der Waals surface area contributed by atoms with Gasteiger partial charge < -0.3 is 19.9 Å². The molecule has 0 aromatic heterocycles. The van der Waals surface area contributed by atoms with Crippen LogP contribution in [0.2, 0.25) is 0 Å². The second-order valence-corrected chi connectivity index (χ2v) is 4.22. The number of carboxylic acids is 1. The van der Waals surface area contributed by atoms with E-state index in [9.17, 15) is 4.79 Å². The highest BCUT2D eigenvalue weighted by molar-refractivity contribution is 5.66. The molecule has 1 atom stereocenters. The summed E-state index contributed by atoms with van der Waals surface area (Å²) in [6.07, 6.45) is 0.120. The van der Waals surface area contributed by atoms with Gasteiger partial charge in [-0.05, 0) is 24.6 Å². The first kappa shape index (κ1) is 12.7. The van der Waals surface area contributed by atoms with E-state index in [2.05, 4.69) is 5.32 Å². The number of fused-ring (bicyclic) bond motifs is 1. The summed E-state index contributed by atoms with van der Waals surface area (Å²) < 4.78 is 11.0. The van der Waals surface area contributed by atoms with Gasteiger partial charge in [-0.3, -0.25) is 4.79 Å². The van der Waals surface area contributed by atoms with Gasteiger partial charge in [0.1, 0.15) is 13.2 Å². The highest BCUT2D eigenvalue weighted by Crippen LogP contribution is 2.32. The molecule has 18 heavy (non-hydrogen) atoms. The van der Waals surface area contributed by atoms with Crippen molar-refractivity contribution in [2.24, 2.45) is 0 Å². The minimum atomic E-state index is -0.795. The Morgan fingerprint density at radius 1 is 1.39 bits per heavy atom. The molecule has 1 aliphatic rings. The lowest BCUT2D eigenvalue weighted by Crippen LogP contribution is -2.22. The summed E-state index contributed by atoms with van der Waals surface area (Å²) in [5.41, 5.74) is 1.06. The van der Waals surface area contributed by atoms with Crippen LogP contribution in [-0.2, 0) is 4.79 Å². The quantitative estimate of drug-likeness (QED) is 0.831. The Hall–Kier alpha value is -1.75. The van der Waals surface area contributed by atoms with Gasteiger partial charge >= 0.3 is 5.97 Å². The summed E-state index contributed by atoms with van der Waals surface area (Å²) in [6, 6.07) is 5.87. The van der Waals surface area contributed by atoms with E-state index < -0.39 is 5.97 Å². The van der Waals surface area contributed by atoms with Crippen LogP contribution < -0.4 is 14.8 Å². The Morgan fingerprint density at radius 3 is 2.83 bits per heavy atom. The van der Waals surface area contributed by atoms with Crippen molar-refractivity contribution in [3.8, 4) is 11.5 Å². The van der Waals surface area contributed by atoms with E-state index in [1.54, 1.807) is 0 Å². The number of hydrogen-bond donors (Lipinski definition) is 2. The maximum atomic E-state index is 10.4. The number of carbonyl (C=O) groups is 1. The third-order valence-electron chi connectivity index (χ3n) is 2.86. The minimum absolute atomic E-state index is 0.0835. The van der Waals surface area contributed by atoms with Gasteiger partial charge in [-0.1, -0.05) is 6.07 Å². The van der Waals surface area contributed by atoms with Crippen molar-refractivity contribution in [2.45, 2.75) is 19.4 Å². The molecule has 5 nitrogen and oxygen atoms in total. The lowest BCUT2D eigenvalue weighted by Gasteiger charge is -2.21. The smallest absolute Gasteiger partial charge is 0.304 e. The molecule has 0 saturated carbocycles. The Labute approximate surface area is 106 Å². The normalized spacial score (nSPS) is 15.2. The number of aliphatic carboxylic acids is 1. The van der Waals surface area contributed by atoms with Crippen LogP contribution >= 0.6 is 0 Å². The first-order valence-electron chi connectivity index (χ1n) is 6.01. The zero-order valence-electron chi connectivity index (χ0n) is 10.3. The fourth-order valence-electron chi connectivity index (χ4n) is 1.84. The second kappa shape index (κ2) is 5.73. The molecule has 0 amide bonds. The Balaban J connectivity index is 1.97. The SMILES string of the molecule is CC(NCCC(=O)O)c1ccc2c(c1)OCCO2. The zero-order valence-corrected chi connectivity index (χ0v) is 10.3. The van der Waals surface area contributed by atoms with Crippen molar-refractivity contribution < 1.29 is 19.4 Å². The van der Waals surface area contributed by atoms with Gasteiger partial charge in [-0.2, -0.15) is 0 Å². The number of rotatable bonds is 5. The average molecular weight is 251 g/mol. The van der Waals surface area contributed by atoms with Gasteiger partial charge in [0.2, 0.25) is 0 Å². The highest BCUT2D eigenvalue weighted by Gasteiger charge is 2.14. The van der Waals surface area contributed by atoms with Crippen LogP contribution in [-0.4, -0.2) is 30.8 Å². The van der Waals surface area contributed by atoms with Gasteiger partial charge in [0.25, 0.3) is 0 Å². The van der Waals surface area contributed by atoms with E-state index >= 15 is 0 Å². The zero-order chi connectivity index (χ0) is 13.0. The summed E-state index contributed by atoms with van der Waals surface area (Å²) in [6.45, 7) is 3.59. The van der Waals surface area contributed by atoms with Crippen LogP contribution in [0.4, 0.5) is 0 Å². The minimum Gasteiger partial charge on any atom is -0.486 e. The van der Waals surface area contributed by atoms with Crippen molar-refractivity contribution in [2.75, 3.05) is 19.8 Å². The van der Waals surface area contributed by atoms with E-state index in [1.165, 1.54) is 0 Å². The Kier molecular flexibility index (Phi) is 4.04. The monoisotopic (exact) mass is 251 g/mol. The largest absolute Gasteiger partial charge is 0.486 e. The summed E-state index contributed by atoms with van der Waals surface area (Å²) in [7, 11) is 0. The van der Waals surface area contributed by atoms with E-state index in [0.717, 1.165) is 17.1 Å². The molecular formula is C13H17NO4. The standard InChI is InChI=1S/C13H17NO4/c1-9(14-5-4-13(15)16)10-2-3-11-12(8-10)18-7-6-17-11/h2-3,8-9,14H,4-7H2,1H3,(H,15,16). The van der Waals surface area contributed by atoms with Crippen LogP contribution in [0.25, 0.3) is 0 Å². The summed E-state index contributed by atoms with van der Waals surface area (Å²) in [5, 5.41) is 11.7. The molecule has 1 aliphatic heterocycles. The molecule has 0 saturated heterocycles. The van der Waals surface area contributed by atoms with Gasteiger partial charge in [-0.25, -0.2) is 0 Å². The molecule has 0 bridgehead atoms.